The number of hydrogen-bond donors (Lipinski definition) is 2. The topological polar surface area (TPSA) is 54.9 Å². The van der Waals surface area contributed by atoms with Crippen LogP contribution < -0.4 is 15.4 Å². The van der Waals surface area contributed by atoms with Crippen molar-refractivity contribution in [3.63, 3.8) is 0 Å². The van der Waals surface area contributed by atoms with Crippen molar-refractivity contribution in [1.82, 2.24) is 10.6 Å². The van der Waals surface area contributed by atoms with E-state index < -0.39 is 0 Å². The standard InChI is InChI=1S/C19H31N3O2/c1-5-20-18(21-12-9-13-23-6-2)22-16-14-19(3,4)24-17-11-8-7-10-15(16)17/h7-8,10-11,16H,5-6,9,12-14H2,1-4H3,(H2,20,21,22). The molecule has 24 heavy (non-hydrogen) atoms. The molecule has 5 nitrogen and oxygen atoms in total. The molecular formula is C19H31N3O2. The Bertz CT molecular complexity index is 543. The number of para-hydroxylation sites is 1. The minimum atomic E-state index is -0.196. The summed E-state index contributed by atoms with van der Waals surface area (Å²) in [5, 5.41) is 6.91. The highest BCUT2D eigenvalue weighted by molar-refractivity contribution is 5.80. The van der Waals surface area contributed by atoms with E-state index >= 15 is 0 Å². The van der Waals surface area contributed by atoms with Gasteiger partial charge in [0, 0.05) is 38.3 Å². The van der Waals surface area contributed by atoms with Crippen LogP contribution in [0.2, 0.25) is 0 Å². The van der Waals surface area contributed by atoms with Gasteiger partial charge in [0.2, 0.25) is 0 Å². The van der Waals surface area contributed by atoms with E-state index in [-0.39, 0.29) is 11.6 Å². The van der Waals surface area contributed by atoms with Crippen LogP contribution in [-0.4, -0.2) is 37.9 Å². The zero-order valence-corrected chi connectivity index (χ0v) is 15.4. The zero-order valence-electron chi connectivity index (χ0n) is 15.4. The molecule has 1 aromatic rings. The average Bonchev–Trinajstić information content (AvgIpc) is 2.53. The van der Waals surface area contributed by atoms with Gasteiger partial charge in [-0.05, 0) is 40.2 Å². The Morgan fingerprint density at radius 1 is 1.33 bits per heavy atom. The lowest BCUT2D eigenvalue weighted by atomic mass is 9.90. The van der Waals surface area contributed by atoms with E-state index in [1.54, 1.807) is 0 Å². The van der Waals surface area contributed by atoms with Gasteiger partial charge in [0.25, 0.3) is 0 Å². The van der Waals surface area contributed by atoms with Gasteiger partial charge in [0.1, 0.15) is 11.4 Å². The Morgan fingerprint density at radius 2 is 2.12 bits per heavy atom. The van der Waals surface area contributed by atoms with Crippen LogP contribution in [0.5, 0.6) is 5.75 Å². The van der Waals surface area contributed by atoms with E-state index in [2.05, 4.69) is 48.5 Å². The quantitative estimate of drug-likeness (QED) is 0.457. The van der Waals surface area contributed by atoms with E-state index in [0.717, 1.165) is 50.9 Å². The number of nitrogens with one attached hydrogen (secondary N) is 2. The van der Waals surface area contributed by atoms with Crippen molar-refractivity contribution in [1.29, 1.82) is 0 Å². The molecule has 0 spiro atoms. The van der Waals surface area contributed by atoms with Crippen LogP contribution in [0.15, 0.2) is 29.3 Å². The third-order valence-corrected chi connectivity index (χ3v) is 3.95. The molecule has 0 fully saturated rings. The first kappa shape index (κ1) is 18.6. The molecule has 134 valence electrons. The number of nitrogens with zero attached hydrogens (tertiary/aromatic N) is 1. The summed E-state index contributed by atoms with van der Waals surface area (Å²) in [7, 11) is 0. The molecule has 1 aromatic carbocycles. The first-order valence-electron chi connectivity index (χ1n) is 8.96. The Balaban J connectivity index is 2.06. The summed E-state index contributed by atoms with van der Waals surface area (Å²) < 4.78 is 11.5. The first-order chi connectivity index (χ1) is 11.6. The van der Waals surface area contributed by atoms with Crippen LogP contribution in [0.4, 0.5) is 0 Å². The molecule has 0 saturated heterocycles. The fraction of sp³-hybridized carbons (Fsp3) is 0.632. The fourth-order valence-corrected chi connectivity index (χ4v) is 2.92. The normalized spacial score (nSPS) is 19.3. The Hall–Kier alpha value is -1.75. The van der Waals surface area contributed by atoms with Crippen LogP contribution in [0.3, 0.4) is 0 Å². The van der Waals surface area contributed by atoms with Crippen molar-refractivity contribution < 1.29 is 9.47 Å². The van der Waals surface area contributed by atoms with Crippen LogP contribution in [0.1, 0.15) is 52.1 Å². The van der Waals surface area contributed by atoms with Crippen molar-refractivity contribution in [3.8, 4) is 5.75 Å². The summed E-state index contributed by atoms with van der Waals surface area (Å²) >= 11 is 0. The predicted molar refractivity (Wildman–Crippen MR) is 98.7 cm³/mol. The van der Waals surface area contributed by atoms with Crippen LogP contribution in [0.25, 0.3) is 0 Å². The minimum absolute atomic E-state index is 0.189. The summed E-state index contributed by atoms with van der Waals surface area (Å²) in [5.74, 6) is 1.81. The maximum absolute atomic E-state index is 6.10. The SMILES string of the molecule is CCNC(=NCCCOCC)NC1CC(C)(C)Oc2ccccc21. The molecular weight excluding hydrogens is 302 g/mol. The molecule has 1 aliphatic heterocycles. The molecule has 0 saturated carbocycles. The van der Waals surface area contributed by atoms with Crippen molar-refractivity contribution in [2.45, 2.75) is 52.2 Å². The van der Waals surface area contributed by atoms with Crippen molar-refractivity contribution in [3.05, 3.63) is 29.8 Å². The highest BCUT2D eigenvalue weighted by Crippen LogP contribution is 2.39. The summed E-state index contributed by atoms with van der Waals surface area (Å²) in [6, 6.07) is 8.43. The minimum Gasteiger partial charge on any atom is -0.487 e. The van der Waals surface area contributed by atoms with Crippen molar-refractivity contribution in [2.24, 2.45) is 4.99 Å². The summed E-state index contributed by atoms with van der Waals surface area (Å²) in [6.45, 7) is 11.5. The van der Waals surface area contributed by atoms with Gasteiger partial charge in [-0.3, -0.25) is 4.99 Å². The second kappa shape index (κ2) is 8.92. The Kier molecular flexibility index (Phi) is 6.91. The van der Waals surface area contributed by atoms with Gasteiger partial charge in [0.15, 0.2) is 5.96 Å². The van der Waals surface area contributed by atoms with Gasteiger partial charge < -0.3 is 20.1 Å². The van der Waals surface area contributed by atoms with Gasteiger partial charge in [-0.2, -0.15) is 0 Å². The smallest absolute Gasteiger partial charge is 0.191 e. The summed E-state index contributed by atoms with van der Waals surface area (Å²) in [4.78, 5) is 4.67. The van der Waals surface area contributed by atoms with Crippen molar-refractivity contribution >= 4 is 5.96 Å². The molecule has 0 aromatic heterocycles. The number of hydrogen-bond acceptors (Lipinski definition) is 3. The lowest BCUT2D eigenvalue weighted by Crippen LogP contribution is -2.45. The van der Waals surface area contributed by atoms with Crippen LogP contribution in [0, 0.1) is 0 Å². The van der Waals surface area contributed by atoms with E-state index in [0.29, 0.717) is 0 Å². The number of aliphatic imine (C=N–C) groups is 1. The predicted octanol–water partition coefficient (Wildman–Crippen LogP) is 3.27. The van der Waals surface area contributed by atoms with E-state index in [9.17, 15) is 0 Å². The number of guanidine groups is 1. The van der Waals surface area contributed by atoms with E-state index in [1.165, 1.54) is 5.56 Å². The monoisotopic (exact) mass is 333 g/mol. The molecule has 2 rings (SSSR count). The largest absolute Gasteiger partial charge is 0.487 e. The highest BCUT2D eigenvalue weighted by Gasteiger charge is 2.33. The summed E-state index contributed by atoms with van der Waals surface area (Å²) in [6.07, 6.45) is 1.83. The third-order valence-electron chi connectivity index (χ3n) is 3.95. The Morgan fingerprint density at radius 3 is 2.88 bits per heavy atom. The van der Waals surface area contributed by atoms with Gasteiger partial charge >= 0.3 is 0 Å². The van der Waals surface area contributed by atoms with Gasteiger partial charge in [-0.1, -0.05) is 18.2 Å². The number of benzene rings is 1. The maximum atomic E-state index is 6.10. The average molecular weight is 333 g/mol. The second-order valence-corrected chi connectivity index (χ2v) is 6.61. The first-order valence-corrected chi connectivity index (χ1v) is 8.96. The zero-order chi connectivity index (χ0) is 17.4. The molecule has 2 N–H and O–H groups in total. The number of fused-ring (bicyclic) bond motifs is 1. The van der Waals surface area contributed by atoms with E-state index in [4.69, 9.17) is 9.47 Å². The molecule has 1 aliphatic rings. The fourth-order valence-electron chi connectivity index (χ4n) is 2.92. The van der Waals surface area contributed by atoms with E-state index in [1.807, 2.05) is 19.1 Å². The van der Waals surface area contributed by atoms with Crippen molar-refractivity contribution in [2.75, 3.05) is 26.3 Å². The number of rotatable bonds is 7. The number of ether oxygens (including phenoxy) is 2. The molecule has 1 unspecified atom stereocenters. The van der Waals surface area contributed by atoms with Crippen LogP contribution in [-0.2, 0) is 4.74 Å². The van der Waals surface area contributed by atoms with Crippen LogP contribution >= 0.6 is 0 Å². The molecule has 5 heteroatoms. The summed E-state index contributed by atoms with van der Waals surface area (Å²) in [5.41, 5.74) is 0.995. The molecule has 0 amide bonds. The lowest BCUT2D eigenvalue weighted by molar-refractivity contribution is 0.0694. The van der Waals surface area contributed by atoms with Gasteiger partial charge in [-0.25, -0.2) is 0 Å². The Labute approximate surface area is 145 Å². The molecule has 0 radical (unpaired) electrons. The third kappa shape index (κ3) is 5.41. The molecule has 0 aliphatic carbocycles. The molecule has 0 bridgehead atoms. The lowest BCUT2D eigenvalue weighted by Gasteiger charge is -2.38. The van der Waals surface area contributed by atoms with Gasteiger partial charge in [-0.15, -0.1) is 0 Å². The highest BCUT2D eigenvalue weighted by atomic mass is 16.5. The molecule has 1 heterocycles. The van der Waals surface area contributed by atoms with Gasteiger partial charge in [0.05, 0.1) is 6.04 Å². The maximum Gasteiger partial charge on any atom is 0.191 e. The molecule has 1 atom stereocenters. The second-order valence-electron chi connectivity index (χ2n) is 6.61.